The Morgan fingerprint density at radius 3 is 2.55 bits per heavy atom. The average molecular weight is 296 g/mol. The van der Waals surface area contributed by atoms with E-state index in [4.69, 9.17) is 14.2 Å². The molecule has 3 nitrogen and oxygen atoms in total. The van der Waals surface area contributed by atoms with Crippen LogP contribution in [0.1, 0.15) is 29.2 Å². The van der Waals surface area contributed by atoms with E-state index in [0.29, 0.717) is 19.8 Å². The third-order valence-electron chi connectivity index (χ3n) is 4.61. The molecule has 0 N–H and O–H groups in total. The highest BCUT2D eigenvalue weighted by Crippen LogP contribution is 2.42. The fourth-order valence-electron chi connectivity index (χ4n) is 3.46. The molecule has 0 amide bonds. The van der Waals surface area contributed by atoms with Crippen LogP contribution in [0.3, 0.4) is 0 Å². The van der Waals surface area contributed by atoms with Gasteiger partial charge in [-0.05, 0) is 47.2 Å². The van der Waals surface area contributed by atoms with Crippen LogP contribution in [0, 0.1) is 6.92 Å². The Kier molecular flexibility index (Phi) is 3.30. The summed E-state index contributed by atoms with van der Waals surface area (Å²) in [5.74, 6) is 1.78. The molecular formula is C19H20O3. The molecule has 2 aliphatic heterocycles. The fraction of sp³-hybridized carbons (Fsp3) is 0.368. The molecular weight excluding hydrogens is 276 g/mol. The van der Waals surface area contributed by atoms with Gasteiger partial charge in [-0.3, -0.25) is 0 Å². The topological polar surface area (TPSA) is 27.7 Å². The first-order chi connectivity index (χ1) is 10.8. The number of fused-ring (bicyclic) bond motifs is 2. The van der Waals surface area contributed by atoms with Crippen molar-refractivity contribution in [3.05, 3.63) is 46.5 Å². The first kappa shape index (κ1) is 13.6. The standard InChI is InChI=1S/C19H20O3/c1-3-13-14(6-7-18-19(13)22-9-8-21-18)15-5-4-12(2)16-10-20-11-17(15)16/h4-7H,3,8-11H2,1-2H3. The smallest absolute Gasteiger partial charge is 0.165 e. The lowest BCUT2D eigenvalue weighted by Gasteiger charge is -2.23. The summed E-state index contributed by atoms with van der Waals surface area (Å²) in [4.78, 5) is 0. The van der Waals surface area contributed by atoms with Crippen molar-refractivity contribution >= 4 is 0 Å². The number of rotatable bonds is 2. The first-order valence-corrected chi connectivity index (χ1v) is 7.90. The molecule has 2 aliphatic rings. The monoisotopic (exact) mass is 296 g/mol. The van der Waals surface area contributed by atoms with E-state index in [9.17, 15) is 0 Å². The Bertz CT molecular complexity index is 734. The van der Waals surface area contributed by atoms with Crippen LogP contribution >= 0.6 is 0 Å². The molecule has 0 aromatic heterocycles. The largest absolute Gasteiger partial charge is 0.486 e. The summed E-state index contributed by atoms with van der Waals surface area (Å²) in [5.41, 5.74) is 7.73. The fourth-order valence-corrected chi connectivity index (χ4v) is 3.46. The molecule has 0 atom stereocenters. The third-order valence-corrected chi connectivity index (χ3v) is 4.61. The van der Waals surface area contributed by atoms with Gasteiger partial charge in [-0.15, -0.1) is 0 Å². The Balaban J connectivity index is 1.92. The molecule has 114 valence electrons. The molecule has 0 radical (unpaired) electrons. The maximum atomic E-state index is 5.89. The first-order valence-electron chi connectivity index (χ1n) is 7.90. The molecule has 0 fully saturated rings. The zero-order valence-corrected chi connectivity index (χ0v) is 13.1. The van der Waals surface area contributed by atoms with Gasteiger partial charge in [0.15, 0.2) is 11.5 Å². The van der Waals surface area contributed by atoms with Crippen LogP contribution in [0.2, 0.25) is 0 Å². The Morgan fingerprint density at radius 1 is 0.909 bits per heavy atom. The summed E-state index contributed by atoms with van der Waals surface area (Å²) in [6.07, 6.45) is 0.922. The van der Waals surface area contributed by atoms with Crippen molar-refractivity contribution in [3.63, 3.8) is 0 Å². The zero-order valence-electron chi connectivity index (χ0n) is 13.1. The van der Waals surface area contributed by atoms with Gasteiger partial charge in [-0.1, -0.05) is 25.1 Å². The van der Waals surface area contributed by atoms with Crippen molar-refractivity contribution in [1.82, 2.24) is 0 Å². The van der Waals surface area contributed by atoms with Gasteiger partial charge in [0, 0.05) is 5.56 Å². The number of hydrogen-bond acceptors (Lipinski definition) is 3. The van der Waals surface area contributed by atoms with E-state index >= 15 is 0 Å². The maximum Gasteiger partial charge on any atom is 0.165 e. The van der Waals surface area contributed by atoms with Gasteiger partial charge in [-0.2, -0.15) is 0 Å². The highest BCUT2D eigenvalue weighted by atomic mass is 16.6. The Hall–Kier alpha value is -2.00. The second-order valence-electron chi connectivity index (χ2n) is 5.85. The molecule has 2 aromatic rings. The number of benzene rings is 2. The van der Waals surface area contributed by atoms with Gasteiger partial charge >= 0.3 is 0 Å². The van der Waals surface area contributed by atoms with E-state index in [1.807, 2.05) is 6.07 Å². The van der Waals surface area contributed by atoms with Crippen LogP contribution in [-0.2, 0) is 24.4 Å². The van der Waals surface area contributed by atoms with E-state index in [2.05, 4.69) is 32.0 Å². The minimum Gasteiger partial charge on any atom is -0.486 e. The van der Waals surface area contributed by atoms with Gasteiger partial charge in [-0.25, -0.2) is 0 Å². The Labute approximate surface area is 130 Å². The summed E-state index contributed by atoms with van der Waals surface area (Å²) in [5, 5.41) is 0. The molecule has 0 saturated carbocycles. The lowest BCUT2D eigenvalue weighted by atomic mass is 9.90. The van der Waals surface area contributed by atoms with Crippen molar-refractivity contribution in [2.45, 2.75) is 33.5 Å². The number of ether oxygens (including phenoxy) is 3. The van der Waals surface area contributed by atoms with Crippen molar-refractivity contribution in [2.75, 3.05) is 13.2 Å². The summed E-state index contributed by atoms with van der Waals surface area (Å²) >= 11 is 0. The SMILES string of the molecule is CCc1c(-c2ccc(C)c3c2COC3)ccc2c1OCCO2. The van der Waals surface area contributed by atoms with Crippen molar-refractivity contribution in [3.8, 4) is 22.6 Å². The van der Waals surface area contributed by atoms with Gasteiger partial charge in [0.2, 0.25) is 0 Å². The van der Waals surface area contributed by atoms with Gasteiger partial charge in [0.25, 0.3) is 0 Å². The molecule has 2 heterocycles. The summed E-state index contributed by atoms with van der Waals surface area (Å²) in [6, 6.07) is 8.60. The quantitative estimate of drug-likeness (QED) is 0.837. The highest BCUT2D eigenvalue weighted by molar-refractivity contribution is 5.76. The van der Waals surface area contributed by atoms with Crippen molar-refractivity contribution in [2.24, 2.45) is 0 Å². The van der Waals surface area contributed by atoms with Gasteiger partial charge in [0.05, 0.1) is 13.2 Å². The molecule has 3 heteroatoms. The molecule has 4 rings (SSSR count). The lowest BCUT2D eigenvalue weighted by molar-refractivity contribution is 0.134. The molecule has 0 spiro atoms. The molecule has 0 bridgehead atoms. The predicted molar refractivity (Wildman–Crippen MR) is 85.5 cm³/mol. The van der Waals surface area contributed by atoms with Crippen LogP contribution in [0.5, 0.6) is 11.5 Å². The second-order valence-corrected chi connectivity index (χ2v) is 5.85. The maximum absolute atomic E-state index is 5.89. The van der Waals surface area contributed by atoms with Crippen molar-refractivity contribution < 1.29 is 14.2 Å². The second kappa shape index (κ2) is 5.33. The minimum absolute atomic E-state index is 0.624. The van der Waals surface area contributed by atoms with Crippen LogP contribution in [0.4, 0.5) is 0 Å². The lowest BCUT2D eigenvalue weighted by Crippen LogP contribution is -2.17. The van der Waals surface area contributed by atoms with Crippen LogP contribution in [0.25, 0.3) is 11.1 Å². The predicted octanol–water partition coefficient (Wildman–Crippen LogP) is 4.03. The molecule has 22 heavy (non-hydrogen) atoms. The number of aryl methyl sites for hydroxylation is 1. The van der Waals surface area contributed by atoms with Crippen LogP contribution < -0.4 is 9.47 Å². The summed E-state index contributed by atoms with van der Waals surface area (Å²) in [7, 11) is 0. The van der Waals surface area contributed by atoms with E-state index < -0.39 is 0 Å². The van der Waals surface area contributed by atoms with Gasteiger partial charge in [0.1, 0.15) is 13.2 Å². The van der Waals surface area contributed by atoms with E-state index in [-0.39, 0.29) is 0 Å². The van der Waals surface area contributed by atoms with Crippen LogP contribution in [0.15, 0.2) is 24.3 Å². The van der Waals surface area contributed by atoms with E-state index in [1.54, 1.807) is 0 Å². The normalized spacial score (nSPS) is 15.7. The zero-order chi connectivity index (χ0) is 15.1. The summed E-state index contributed by atoms with van der Waals surface area (Å²) in [6.45, 7) is 7.00. The Morgan fingerprint density at radius 2 is 1.68 bits per heavy atom. The minimum atomic E-state index is 0.624. The highest BCUT2D eigenvalue weighted by Gasteiger charge is 2.23. The number of hydrogen-bond donors (Lipinski definition) is 0. The van der Waals surface area contributed by atoms with E-state index in [0.717, 1.165) is 24.5 Å². The van der Waals surface area contributed by atoms with Gasteiger partial charge < -0.3 is 14.2 Å². The molecule has 0 unspecified atom stereocenters. The molecule has 0 aliphatic carbocycles. The average Bonchev–Trinajstić information content (AvgIpc) is 3.05. The van der Waals surface area contributed by atoms with Crippen LogP contribution in [-0.4, -0.2) is 13.2 Å². The third kappa shape index (κ3) is 2.00. The summed E-state index contributed by atoms with van der Waals surface area (Å²) < 4.78 is 17.3. The molecule has 0 saturated heterocycles. The van der Waals surface area contributed by atoms with Crippen molar-refractivity contribution in [1.29, 1.82) is 0 Å². The molecule has 2 aromatic carbocycles. The van der Waals surface area contributed by atoms with E-state index in [1.165, 1.54) is 33.4 Å².